The molecule has 1 rings (SSSR count). The van der Waals surface area contributed by atoms with Gasteiger partial charge in [-0.3, -0.25) is 4.79 Å². The van der Waals surface area contributed by atoms with Gasteiger partial charge in [-0.1, -0.05) is 6.92 Å². The van der Waals surface area contributed by atoms with Gasteiger partial charge in [0.05, 0.1) is 0 Å². The van der Waals surface area contributed by atoms with E-state index in [-0.39, 0.29) is 11.9 Å². The van der Waals surface area contributed by atoms with E-state index < -0.39 is 0 Å². The van der Waals surface area contributed by atoms with Crippen molar-refractivity contribution in [1.82, 2.24) is 10.6 Å². The van der Waals surface area contributed by atoms with Gasteiger partial charge in [0.25, 0.3) is 0 Å². The minimum atomic E-state index is 0.150. The number of carbonyl (C=O) groups excluding carboxylic acids is 1. The van der Waals surface area contributed by atoms with Gasteiger partial charge >= 0.3 is 0 Å². The third kappa shape index (κ3) is 5.78. The minimum absolute atomic E-state index is 0.150. The van der Waals surface area contributed by atoms with Crippen molar-refractivity contribution < 1.29 is 4.79 Å². The van der Waals surface area contributed by atoms with E-state index in [0.717, 1.165) is 24.9 Å². The van der Waals surface area contributed by atoms with E-state index in [2.05, 4.69) is 17.6 Å². The Balaban J connectivity index is 1.93. The Hall–Kier alpha value is -0.570. The largest absolute Gasteiger partial charge is 0.354 e. The van der Waals surface area contributed by atoms with Gasteiger partial charge in [0.15, 0.2) is 0 Å². The fourth-order valence-corrected chi connectivity index (χ4v) is 1.76. The summed E-state index contributed by atoms with van der Waals surface area (Å²) in [5.41, 5.74) is 0. The molecule has 0 saturated heterocycles. The summed E-state index contributed by atoms with van der Waals surface area (Å²) >= 11 is 0. The van der Waals surface area contributed by atoms with Crippen LogP contribution in [-0.2, 0) is 4.79 Å². The molecule has 1 aliphatic rings. The fraction of sp³-hybridized carbons (Fsp3) is 0.917. The van der Waals surface area contributed by atoms with E-state index in [1.165, 1.54) is 12.8 Å². The van der Waals surface area contributed by atoms with Crippen LogP contribution >= 0.6 is 0 Å². The van der Waals surface area contributed by atoms with E-state index in [4.69, 9.17) is 0 Å². The molecular weight excluding hydrogens is 188 g/mol. The van der Waals surface area contributed by atoms with Crippen LogP contribution in [0.4, 0.5) is 0 Å². The number of carbonyl (C=O) groups is 1. The lowest BCUT2D eigenvalue weighted by molar-refractivity contribution is -0.121. The molecule has 0 aliphatic heterocycles. The molecule has 0 radical (unpaired) electrons. The van der Waals surface area contributed by atoms with E-state index in [1.54, 1.807) is 0 Å². The topological polar surface area (TPSA) is 41.1 Å². The van der Waals surface area contributed by atoms with Crippen molar-refractivity contribution in [3.8, 4) is 0 Å². The number of hydrogen-bond acceptors (Lipinski definition) is 2. The molecule has 88 valence electrons. The summed E-state index contributed by atoms with van der Waals surface area (Å²) in [6.45, 7) is 8.12. The van der Waals surface area contributed by atoms with Crippen molar-refractivity contribution in [1.29, 1.82) is 0 Å². The summed E-state index contributed by atoms with van der Waals surface area (Å²) < 4.78 is 0. The van der Waals surface area contributed by atoms with E-state index in [0.29, 0.717) is 6.42 Å². The molecule has 0 aromatic heterocycles. The second-order valence-electron chi connectivity index (χ2n) is 4.99. The van der Waals surface area contributed by atoms with Crippen molar-refractivity contribution in [2.75, 3.05) is 13.1 Å². The SMILES string of the molecule is CC(C)NC(=O)CCNCC(C)C1CC1. The average Bonchev–Trinajstić information content (AvgIpc) is 2.93. The van der Waals surface area contributed by atoms with E-state index >= 15 is 0 Å². The quantitative estimate of drug-likeness (QED) is 0.628. The first-order valence-electron chi connectivity index (χ1n) is 6.09. The van der Waals surface area contributed by atoms with Crippen molar-refractivity contribution >= 4 is 5.91 Å². The van der Waals surface area contributed by atoms with Crippen molar-refractivity contribution in [3.05, 3.63) is 0 Å². The molecule has 3 heteroatoms. The maximum Gasteiger partial charge on any atom is 0.221 e. The van der Waals surface area contributed by atoms with Gasteiger partial charge in [-0.25, -0.2) is 0 Å². The Morgan fingerprint density at radius 1 is 1.33 bits per heavy atom. The Kier molecular flexibility index (Phi) is 5.09. The highest BCUT2D eigenvalue weighted by Crippen LogP contribution is 2.35. The van der Waals surface area contributed by atoms with Gasteiger partial charge in [-0.2, -0.15) is 0 Å². The fourth-order valence-electron chi connectivity index (χ4n) is 1.76. The Labute approximate surface area is 93.0 Å². The highest BCUT2D eigenvalue weighted by Gasteiger charge is 2.27. The molecule has 1 atom stereocenters. The van der Waals surface area contributed by atoms with Crippen LogP contribution in [0.25, 0.3) is 0 Å². The summed E-state index contributed by atoms with van der Waals surface area (Å²) in [5.74, 6) is 1.87. The third-order valence-electron chi connectivity index (χ3n) is 2.87. The standard InChI is InChI=1S/C12H24N2O/c1-9(2)14-12(15)6-7-13-8-10(3)11-4-5-11/h9-11,13H,4-8H2,1-3H3,(H,14,15). The Morgan fingerprint density at radius 3 is 2.53 bits per heavy atom. The van der Waals surface area contributed by atoms with Crippen LogP contribution in [0.2, 0.25) is 0 Å². The molecule has 0 aromatic carbocycles. The molecule has 0 spiro atoms. The predicted octanol–water partition coefficient (Wildman–Crippen LogP) is 1.54. The third-order valence-corrected chi connectivity index (χ3v) is 2.87. The average molecular weight is 212 g/mol. The second-order valence-corrected chi connectivity index (χ2v) is 4.99. The van der Waals surface area contributed by atoms with Crippen LogP contribution < -0.4 is 10.6 Å². The summed E-state index contributed by atoms with van der Waals surface area (Å²) in [6.07, 6.45) is 3.39. The zero-order valence-electron chi connectivity index (χ0n) is 10.2. The molecule has 3 nitrogen and oxygen atoms in total. The highest BCUT2D eigenvalue weighted by molar-refractivity contribution is 5.76. The lowest BCUT2D eigenvalue weighted by atomic mass is 10.1. The molecule has 1 unspecified atom stereocenters. The van der Waals surface area contributed by atoms with Crippen LogP contribution in [0.15, 0.2) is 0 Å². The van der Waals surface area contributed by atoms with Gasteiger partial charge in [0.1, 0.15) is 0 Å². The Morgan fingerprint density at radius 2 is 2.00 bits per heavy atom. The molecule has 1 fully saturated rings. The maximum atomic E-state index is 11.3. The van der Waals surface area contributed by atoms with E-state index in [1.807, 2.05) is 13.8 Å². The zero-order chi connectivity index (χ0) is 11.3. The molecular formula is C12H24N2O. The van der Waals surface area contributed by atoms with Crippen molar-refractivity contribution in [2.24, 2.45) is 11.8 Å². The minimum Gasteiger partial charge on any atom is -0.354 e. The normalized spacial score (nSPS) is 17.9. The van der Waals surface area contributed by atoms with Crippen LogP contribution in [-0.4, -0.2) is 25.0 Å². The number of hydrogen-bond donors (Lipinski definition) is 2. The van der Waals surface area contributed by atoms with Gasteiger partial charge < -0.3 is 10.6 Å². The van der Waals surface area contributed by atoms with Crippen LogP contribution in [0.3, 0.4) is 0 Å². The summed E-state index contributed by atoms with van der Waals surface area (Å²) in [4.78, 5) is 11.3. The zero-order valence-corrected chi connectivity index (χ0v) is 10.2. The Bertz CT molecular complexity index is 200. The predicted molar refractivity (Wildman–Crippen MR) is 62.7 cm³/mol. The maximum absolute atomic E-state index is 11.3. The van der Waals surface area contributed by atoms with E-state index in [9.17, 15) is 4.79 Å². The second kappa shape index (κ2) is 6.11. The van der Waals surface area contributed by atoms with Gasteiger partial charge in [-0.15, -0.1) is 0 Å². The number of nitrogens with one attached hydrogen (secondary N) is 2. The lowest BCUT2D eigenvalue weighted by Gasteiger charge is -2.12. The van der Waals surface area contributed by atoms with Crippen LogP contribution in [0.1, 0.15) is 40.0 Å². The van der Waals surface area contributed by atoms with Crippen LogP contribution in [0, 0.1) is 11.8 Å². The highest BCUT2D eigenvalue weighted by atomic mass is 16.1. The molecule has 0 bridgehead atoms. The summed E-state index contributed by atoms with van der Waals surface area (Å²) in [5, 5.41) is 6.24. The number of rotatable bonds is 7. The summed E-state index contributed by atoms with van der Waals surface area (Å²) in [7, 11) is 0. The summed E-state index contributed by atoms with van der Waals surface area (Å²) in [6, 6.07) is 0.253. The number of amides is 1. The van der Waals surface area contributed by atoms with Crippen molar-refractivity contribution in [3.63, 3.8) is 0 Å². The van der Waals surface area contributed by atoms with Gasteiger partial charge in [0, 0.05) is 19.0 Å². The molecule has 0 heterocycles. The molecule has 2 N–H and O–H groups in total. The monoisotopic (exact) mass is 212 g/mol. The first-order valence-corrected chi connectivity index (χ1v) is 6.09. The first kappa shape index (κ1) is 12.5. The molecule has 15 heavy (non-hydrogen) atoms. The molecule has 1 amide bonds. The lowest BCUT2D eigenvalue weighted by Crippen LogP contribution is -2.33. The smallest absolute Gasteiger partial charge is 0.221 e. The molecule has 0 aromatic rings. The molecule has 1 saturated carbocycles. The van der Waals surface area contributed by atoms with Crippen molar-refractivity contribution in [2.45, 2.75) is 46.1 Å². The van der Waals surface area contributed by atoms with Crippen LogP contribution in [0.5, 0.6) is 0 Å². The molecule has 1 aliphatic carbocycles. The first-order chi connectivity index (χ1) is 7.09. The van der Waals surface area contributed by atoms with Gasteiger partial charge in [0.2, 0.25) is 5.91 Å². The van der Waals surface area contributed by atoms with Gasteiger partial charge in [-0.05, 0) is 45.1 Å².